The number of rotatable bonds is 7. The first-order chi connectivity index (χ1) is 13.1. The molecule has 0 amide bonds. The molecular weight excluding hydrogens is 481 g/mol. The van der Waals surface area contributed by atoms with E-state index in [1.54, 1.807) is 6.20 Å². The van der Waals surface area contributed by atoms with Crippen LogP contribution >= 0.6 is 35.3 Å². The fourth-order valence-corrected chi connectivity index (χ4v) is 3.93. The number of aryl methyl sites for hydroxylation is 1. The zero-order valence-corrected chi connectivity index (χ0v) is 19.7. The Morgan fingerprint density at radius 1 is 1.18 bits per heavy atom. The van der Waals surface area contributed by atoms with E-state index in [9.17, 15) is 0 Å². The molecule has 3 aromatic rings. The summed E-state index contributed by atoms with van der Waals surface area (Å²) in [7, 11) is 1.81. The van der Waals surface area contributed by atoms with Crippen molar-refractivity contribution in [3.63, 3.8) is 0 Å². The Bertz CT molecular complexity index is 855. The van der Waals surface area contributed by atoms with Gasteiger partial charge in [-0.25, -0.2) is 4.98 Å². The first kappa shape index (κ1) is 22.4. The standard InChI is InChI=1S/C21H27N5S.HI/c1-16(12-20-9-4-17(2)27-20)25-21(22-3)24-13-18-5-7-19(8-6-18)14-26-11-10-23-15-26;/h4-11,15-16H,12-14H2,1-3H3,(H2,22,24,25);1H. The Morgan fingerprint density at radius 3 is 2.54 bits per heavy atom. The summed E-state index contributed by atoms with van der Waals surface area (Å²) in [6, 6.07) is 13.3. The third-order valence-corrected chi connectivity index (χ3v) is 5.34. The van der Waals surface area contributed by atoms with E-state index in [0.717, 1.165) is 25.5 Å². The Labute approximate surface area is 188 Å². The maximum atomic E-state index is 4.34. The number of aromatic nitrogens is 2. The quantitative estimate of drug-likeness (QED) is 0.285. The highest BCUT2D eigenvalue weighted by Gasteiger charge is 2.08. The fraction of sp³-hybridized carbons (Fsp3) is 0.333. The topological polar surface area (TPSA) is 54.2 Å². The van der Waals surface area contributed by atoms with Crippen LogP contribution in [-0.2, 0) is 19.5 Å². The number of imidazole rings is 1. The zero-order chi connectivity index (χ0) is 19.1. The molecule has 0 spiro atoms. The molecule has 0 radical (unpaired) electrons. The van der Waals surface area contributed by atoms with Crippen LogP contribution in [0.1, 0.15) is 27.8 Å². The molecule has 0 bridgehead atoms. The number of hydrogen-bond donors (Lipinski definition) is 2. The molecule has 0 saturated heterocycles. The molecule has 0 saturated carbocycles. The molecule has 150 valence electrons. The molecule has 3 rings (SSSR count). The van der Waals surface area contributed by atoms with Gasteiger partial charge in [-0.3, -0.25) is 4.99 Å². The fourth-order valence-electron chi connectivity index (χ4n) is 2.92. The highest BCUT2D eigenvalue weighted by Crippen LogP contribution is 2.16. The van der Waals surface area contributed by atoms with Crippen molar-refractivity contribution in [1.29, 1.82) is 0 Å². The van der Waals surface area contributed by atoms with Crippen LogP contribution in [0.2, 0.25) is 0 Å². The third kappa shape index (κ3) is 6.94. The van der Waals surface area contributed by atoms with Crippen LogP contribution in [0.4, 0.5) is 0 Å². The van der Waals surface area contributed by atoms with Gasteiger partial charge in [0, 0.05) is 54.7 Å². The van der Waals surface area contributed by atoms with Gasteiger partial charge in [0.25, 0.3) is 0 Å². The molecule has 0 aliphatic carbocycles. The van der Waals surface area contributed by atoms with Crippen LogP contribution in [0.3, 0.4) is 0 Å². The maximum Gasteiger partial charge on any atom is 0.191 e. The summed E-state index contributed by atoms with van der Waals surface area (Å²) < 4.78 is 2.06. The third-order valence-electron chi connectivity index (χ3n) is 4.32. The summed E-state index contributed by atoms with van der Waals surface area (Å²) in [6.07, 6.45) is 6.62. The molecule has 7 heteroatoms. The van der Waals surface area contributed by atoms with Gasteiger partial charge in [-0.15, -0.1) is 35.3 Å². The number of guanidine groups is 1. The molecule has 1 unspecified atom stereocenters. The van der Waals surface area contributed by atoms with E-state index in [1.807, 2.05) is 30.9 Å². The van der Waals surface area contributed by atoms with Gasteiger partial charge < -0.3 is 15.2 Å². The lowest BCUT2D eigenvalue weighted by Gasteiger charge is -2.17. The Morgan fingerprint density at radius 2 is 1.93 bits per heavy atom. The number of nitrogens with zero attached hydrogens (tertiary/aromatic N) is 3. The van der Waals surface area contributed by atoms with Crippen molar-refractivity contribution in [3.8, 4) is 0 Å². The van der Waals surface area contributed by atoms with Gasteiger partial charge in [-0.2, -0.15) is 0 Å². The van der Waals surface area contributed by atoms with Crippen molar-refractivity contribution in [2.75, 3.05) is 7.05 Å². The van der Waals surface area contributed by atoms with E-state index in [-0.39, 0.29) is 24.0 Å². The molecule has 0 aliphatic rings. The molecule has 28 heavy (non-hydrogen) atoms. The van der Waals surface area contributed by atoms with Crippen LogP contribution in [0.25, 0.3) is 0 Å². The van der Waals surface area contributed by atoms with Gasteiger partial charge in [-0.05, 0) is 37.1 Å². The Balaban J connectivity index is 0.00000280. The van der Waals surface area contributed by atoms with Gasteiger partial charge in [0.15, 0.2) is 5.96 Å². The predicted molar refractivity (Wildman–Crippen MR) is 129 cm³/mol. The lowest BCUT2D eigenvalue weighted by Crippen LogP contribution is -2.42. The molecule has 5 nitrogen and oxygen atoms in total. The summed E-state index contributed by atoms with van der Waals surface area (Å²) in [6.45, 7) is 5.92. The smallest absolute Gasteiger partial charge is 0.191 e. The SMILES string of the molecule is CN=C(NCc1ccc(Cn2ccnc2)cc1)NC(C)Cc1ccc(C)s1.I. The summed E-state index contributed by atoms with van der Waals surface area (Å²) in [4.78, 5) is 11.2. The van der Waals surface area contributed by atoms with Gasteiger partial charge in [0.2, 0.25) is 0 Å². The minimum absolute atomic E-state index is 0. The molecule has 2 heterocycles. The van der Waals surface area contributed by atoms with E-state index in [2.05, 4.69) is 75.4 Å². The Kier molecular flexibility index (Phi) is 8.98. The van der Waals surface area contributed by atoms with Crippen LogP contribution in [0.15, 0.2) is 60.1 Å². The van der Waals surface area contributed by atoms with E-state index in [0.29, 0.717) is 6.04 Å². The summed E-state index contributed by atoms with van der Waals surface area (Å²) in [5.41, 5.74) is 2.49. The summed E-state index contributed by atoms with van der Waals surface area (Å²) in [5, 5.41) is 6.87. The number of aliphatic imine (C=N–C) groups is 1. The van der Waals surface area contributed by atoms with E-state index >= 15 is 0 Å². The van der Waals surface area contributed by atoms with Crippen molar-refractivity contribution in [2.24, 2.45) is 4.99 Å². The number of hydrogen-bond acceptors (Lipinski definition) is 3. The van der Waals surface area contributed by atoms with Gasteiger partial charge >= 0.3 is 0 Å². The van der Waals surface area contributed by atoms with Crippen molar-refractivity contribution < 1.29 is 0 Å². The van der Waals surface area contributed by atoms with Crippen LogP contribution < -0.4 is 10.6 Å². The average molecular weight is 509 g/mol. The second-order valence-electron chi connectivity index (χ2n) is 6.74. The second-order valence-corrected chi connectivity index (χ2v) is 8.11. The van der Waals surface area contributed by atoms with Gasteiger partial charge in [0.05, 0.1) is 6.33 Å². The van der Waals surface area contributed by atoms with E-state index in [4.69, 9.17) is 0 Å². The van der Waals surface area contributed by atoms with Crippen LogP contribution in [0.5, 0.6) is 0 Å². The minimum atomic E-state index is 0. The Hall–Kier alpha value is -1.87. The lowest BCUT2D eigenvalue weighted by atomic mass is 10.1. The van der Waals surface area contributed by atoms with Crippen LogP contribution in [-0.4, -0.2) is 28.6 Å². The van der Waals surface area contributed by atoms with Gasteiger partial charge in [0.1, 0.15) is 0 Å². The monoisotopic (exact) mass is 509 g/mol. The number of thiophene rings is 1. The normalized spacial score (nSPS) is 12.3. The summed E-state index contributed by atoms with van der Waals surface area (Å²) >= 11 is 1.86. The van der Waals surface area contributed by atoms with Crippen molar-refractivity contribution in [1.82, 2.24) is 20.2 Å². The highest BCUT2D eigenvalue weighted by molar-refractivity contribution is 14.0. The lowest BCUT2D eigenvalue weighted by molar-refractivity contribution is 0.645. The minimum Gasteiger partial charge on any atom is -0.354 e. The highest BCUT2D eigenvalue weighted by atomic mass is 127. The second kappa shape index (κ2) is 11.2. The number of benzene rings is 1. The van der Waals surface area contributed by atoms with Gasteiger partial charge in [-0.1, -0.05) is 24.3 Å². The van der Waals surface area contributed by atoms with E-state index in [1.165, 1.54) is 20.9 Å². The largest absolute Gasteiger partial charge is 0.354 e. The average Bonchev–Trinajstić information content (AvgIpc) is 3.31. The molecule has 2 aromatic heterocycles. The van der Waals surface area contributed by atoms with Crippen LogP contribution in [0, 0.1) is 6.92 Å². The number of halogens is 1. The summed E-state index contributed by atoms with van der Waals surface area (Å²) in [5.74, 6) is 0.832. The first-order valence-corrected chi connectivity index (χ1v) is 10.00. The predicted octanol–water partition coefficient (Wildman–Crippen LogP) is 4.22. The molecule has 0 aliphatic heterocycles. The molecular formula is C21H28IN5S. The molecule has 0 fully saturated rings. The van der Waals surface area contributed by atoms with Crippen molar-refractivity contribution >= 4 is 41.3 Å². The van der Waals surface area contributed by atoms with Crippen molar-refractivity contribution in [3.05, 3.63) is 76.0 Å². The molecule has 1 atom stereocenters. The maximum absolute atomic E-state index is 4.34. The molecule has 2 N–H and O–H groups in total. The van der Waals surface area contributed by atoms with Crippen molar-refractivity contribution in [2.45, 2.75) is 39.4 Å². The molecule has 1 aromatic carbocycles. The van der Waals surface area contributed by atoms with E-state index < -0.39 is 0 Å². The first-order valence-electron chi connectivity index (χ1n) is 9.18. The zero-order valence-electron chi connectivity index (χ0n) is 16.6. The number of nitrogens with one attached hydrogen (secondary N) is 2.